The number of thiazole rings is 1. The molecule has 4 rings (SSSR count). The molecule has 5 nitrogen and oxygen atoms in total. The highest BCUT2D eigenvalue weighted by Gasteiger charge is 2.27. The lowest BCUT2D eigenvalue weighted by Crippen LogP contribution is -2.24. The summed E-state index contributed by atoms with van der Waals surface area (Å²) in [6.07, 6.45) is 0. The lowest BCUT2D eigenvalue weighted by molar-refractivity contribution is 0.267. The van der Waals surface area contributed by atoms with Gasteiger partial charge in [0.05, 0.1) is 10.9 Å². The summed E-state index contributed by atoms with van der Waals surface area (Å²) < 4.78 is 1.53. The second kappa shape index (κ2) is 6.59. The molecule has 0 aliphatic carbocycles. The number of fused-ring (bicyclic) bond motifs is 1. The molecule has 0 saturated carbocycles. The fraction of sp³-hybridized carbons (Fsp3) is 0.222. The molecule has 0 bridgehead atoms. The van der Waals surface area contributed by atoms with Crippen molar-refractivity contribution in [3.63, 3.8) is 0 Å². The third-order valence-corrected chi connectivity index (χ3v) is 5.90. The van der Waals surface area contributed by atoms with Crippen LogP contribution < -0.4 is 0 Å². The van der Waals surface area contributed by atoms with Crippen LogP contribution in [0.5, 0.6) is 5.88 Å². The van der Waals surface area contributed by atoms with Crippen molar-refractivity contribution in [2.45, 2.75) is 19.5 Å². The minimum atomic E-state index is -0.0414. The van der Waals surface area contributed by atoms with Crippen LogP contribution in [0.3, 0.4) is 0 Å². The second-order valence-electron chi connectivity index (χ2n) is 6.00. The molecule has 3 heterocycles. The largest absolute Gasteiger partial charge is 0.492 e. The van der Waals surface area contributed by atoms with E-state index < -0.39 is 0 Å². The Hall–Kier alpha value is -2.22. The van der Waals surface area contributed by atoms with Crippen molar-refractivity contribution in [3.8, 4) is 5.88 Å². The first-order chi connectivity index (χ1) is 12.1. The molecule has 0 aliphatic rings. The molecule has 25 heavy (non-hydrogen) atoms. The van der Waals surface area contributed by atoms with E-state index in [1.807, 2.05) is 25.1 Å². The van der Waals surface area contributed by atoms with Gasteiger partial charge < -0.3 is 5.11 Å². The molecule has 0 saturated heterocycles. The fourth-order valence-electron chi connectivity index (χ4n) is 3.03. The predicted molar refractivity (Wildman–Crippen MR) is 101 cm³/mol. The number of aromatic hydroxyl groups is 1. The van der Waals surface area contributed by atoms with Gasteiger partial charge in [0.1, 0.15) is 5.82 Å². The van der Waals surface area contributed by atoms with E-state index in [0.29, 0.717) is 5.82 Å². The zero-order chi connectivity index (χ0) is 17.4. The van der Waals surface area contributed by atoms with Crippen LogP contribution in [0.15, 0.2) is 47.2 Å². The third kappa shape index (κ3) is 3.06. The molecule has 128 valence electrons. The number of thiophene rings is 1. The number of benzene rings is 1. The first kappa shape index (κ1) is 16.3. The lowest BCUT2D eigenvalue weighted by atomic mass is 10.1. The van der Waals surface area contributed by atoms with E-state index in [1.165, 1.54) is 27.0 Å². The molecule has 7 heteroatoms. The molecule has 0 aliphatic heterocycles. The van der Waals surface area contributed by atoms with Crippen molar-refractivity contribution in [1.82, 2.24) is 19.5 Å². The summed E-state index contributed by atoms with van der Waals surface area (Å²) in [4.78, 5) is 8.23. The van der Waals surface area contributed by atoms with Gasteiger partial charge in [-0.1, -0.05) is 41.7 Å². The van der Waals surface area contributed by atoms with Gasteiger partial charge in [-0.25, -0.2) is 4.98 Å². The number of hydrogen-bond acceptors (Lipinski definition) is 6. The Kier molecular flexibility index (Phi) is 4.29. The van der Waals surface area contributed by atoms with Crippen LogP contribution in [-0.4, -0.2) is 31.7 Å². The average molecular weight is 371 g/mol. The van der Waals surface area contributed by atoms with E-state index in [0.717, 1.165) is 16.4 Å². The standard InChI is InChI=1S/C18H18N4OS2/c1-12-19-18-22(20-12)17(23)16(25-18)15(14-8-9-24-11-14)21(2)10-13-6-4-3-5-7-13/h3-9,11,15,23H,10H2,1-2H3. The number of rotatable bonds is 5. The Bertz CT molecular complexity index is 976. The number of aryl methyl sites for hydroxylation is 1. The highest BCUT2D eigenvalue weighted by Crippen LogP contribution is 2.40. The molecule has 4 aromatic rings. The zero-order valence-corrected chi connectivity index (χ0v) is 15.6. The maximum atomic E-state index is 10.7. The van der Waals surface area contributed by atoms with Crippen molar-refractivity contribution < 1.29 is 5.11 Å². The normalized spacial score (nSPS) is 12.9. The lowest BCUT2D eigenvalue weighted by Gasteiger charge is -2.27. The van der Waals surface area contributed by atoms with E-state index in [4.69, 9.17) is 0 Å². The van der Waals surface area contributed by atoms with E-state index in [2.05, 4.69) is 51.0 Å². The van der Waals surface area contributed by atoms with Gasteiger partial charge in [-0.15, -0.1) is 5.10 Å². The number of nitrogens with zero attached hydrogens (tertiary/aromatic N) is 4. The highest BCUT2D eigenvalue weighted by molar-refractivity contribution is 7.17. The maximum Gasteiger partial charge on any atom is 0.230 e. The average Bonchev–Trinajstić information content (AvgIpc) is 3.29. The molecule has 1 aromatic carbocycles. The van der Waals surface area contributed by atoms with E-state index in [9.17, 15) is 5.11 Å². The molecule has 1 atom stereocenters. The van der Waals surface area contributed by atoms with Crippen LogP contribution >= 0.6 is 22.7 Å². The van der Waals surface area contributed by atoms with Crippen LogP contribution in [0.1, 0.15) is 27.9 Å². The minimum Gasteiger partial charge on any atom is -0.492 e. The molecule has 1 N–H and O–H groups in total. The van der Waals surface area contributed by atoms with Gasteiger partial charge in [-0.3, -0.25) is 4.90 Å². The molecular formula is C18H18N4OS2. The Morgan fingerprint density at radius 2 is 2.04 bits per heavy atom. The van der Waals surface area contributed by atoms with Crippen LogP contribution in [0.4, 0.5) is 0 Å². The van der Waals surface area contributed by atoms with Gasteiger partial charge in [0.2, 0.25) is 10.8 Å². The van der Waals surface area contributed by atoms with E-state index >= 15 is 0 Å². The maximum absolute atomic E-state index is 10.7. The number of aromatic nitrogens is 3. The van der Waals surface area contributed by atoms with Crippen molar-refractivity contribution in [1.29, 1.82) is 0 Å². The third-order valence-electron chi connectivity index (χ3n) is 4.13. The summed E-state index contributed by atoms with van der Waals surface area (Å²) in [5.74, 6) is 0.842. The van der Waals surface area contributed by atoms with Crippen LogP contribution in [0.2, 0.25) is 0 Å². The molecule has 0 spiro atoms. The van der Waals surface area contributed by atoms with Crippen LogP contribution in [-0.2, 0) is 6.54 Å². The molecule has 1 unspecified atom stereocenters. The van der Waals surface area contributed by atoms with Gasteiger partial charge in [0.15, 0.2) is 0 Å². The summed E-state index contributed by atoms with van der Waals surface area (Å²) in [5, 5.41) is 19.2. The van der Waals surface area contributed by atoms with Crippen LogP contribution in [0, 0.1) is 6.92 Å². The molecule has 3 aromatic heterocycles. The van der Waals surface area contributed by atoms with E-state index in [1.54, 1.807) is 11.3 Å². The van der Waals surface area contributed by atoms with Gasteiger partial charge in [0, 0.05) is 6.54 Å². The zero-order valence-electron chi connectivity index (χ0n) is 14.0. The van der Waals surface area contributed by atoms with Crippen molar-refractivity contribution in [2.75, 3.05) is 7.05 Å². The van der Waals surface area contributed by atoms with Crippen LogP contribution in [0.25, 0.3) is 4.96 Å². The molecular weight excluding hydrogens is 352 g/mol. The van der Waals surface area contributed by atoms with Gasteiger partial charge in [-0.05, 0) is 41.9 Å². The Balaban J connectivity index is 1.75. The number of hydrogen-bond donors (Lipinski definition) is 1. The Morgan fingerprint density at radius 3 is 2.72 bits per heavy atom. The summed E-state index contributed by atoms with van der Waals surface area (Å²) in [7, 11) is 2.08. The second-order valence-corrected chi connectivity index (χ2v) is 7.79. The van der Waals surface area contributed by atoms with Gasteiger partial charge in [0.25, 0.3) is 0 Å². The predicted octanol–water partition coefficient (Wildman–Crippen LogP) is 4.09. The monoisotopic (exact) mass is 370 g/mol. The minimum absolute atomic E-state index is 0.0414. The first-order valence-corrected chi connectivity index (χ1v) is 9.70. The van der Waals surface area contributed by atoms with Crippen molar-refractivity contribution in [2.24, 2.45) is 0 Å². The molecule has 0 radical (unpaired) electrons. The Morgan fingerprint density at radius 1 is 1.24 bits per heavy atom. The highest BCUT2D eigenvalue weighted by atomic mass is 32.1. The summed E-state index contributed by atoms with van der Waals surface area (Å²) in [5.41, 5.74) is 2.40. The topological polar surface area (TPSA) is 53.7 Å². The summed E-state index contributed by atoms with van der Waals surface area (Å²) >= 11 is 3.15. The van der Waals surface area contributed by atoms with Gasteiger partial charge >= 0.3 is 0 Å². The summed E-state index contributed by atoms with van der Waals surface area (Å²) in [6.45, 7) is 2.62. The van der Waals surface area contributed by atoms with E-state index in [-0.39, 0.29) is 11.9 Å². The molecule has 0 amide bonds. The SMILES string of the molecule is Cc1nc2sc(C(c3ccsc3)N(C)Cc3ccccc3)c(O)n2n1. The van der Waals surface area contributed by atoms with Crippen molar-refractivity contribution >= 4 is 27.6 Å². The van der Waals surface area contributed by atoms with Gasteiger partial charge in [-0.2, -0.15) is 15.9 Å². The summed E-state index contributed by atoms with van der Waals surface area (Å²) in [6, 6.07) is 12.4. The Labute approximate surface area is 153 Å². The van der Waals surface area contributed by atoms with Crippen molar-refractivity contribution in [3.05, 3.63) is 69.0 Å². The first-order valence-electron chi connectivity index (χ1n) is 7.95. The fourth-order valence-corrected chi connectivity index (χ4v) is 4.90. The molecule has 0 fully saturated rings. The quantitative estimate of drug-likeness (QED) is 0.575. The smallest absolute Gasteiger partial charge is 0.230 e.